The van der Waals surface area contributed by atoms with Crippen LogP contribution in [0.4, 0.5) is 11.4 Å². The maximum Gasteiger partial charge on any atom is 0.0863 e. The summed E-state index contributed by atoms with van der Waals surface area (Å²) in [5.41, 5.74) is 4.93. The summed E-state index contributed by atoms with van der Waals surface area (Å²) in [6, 6.07) is 19.0. The number of anilines is 1. The predicted molar refractivity (Wildman–Crippen MR) is 81.6 cm³/mol. The molecule has 0 aliphatic carbocycles. The Hall–Kier alpha value is -2.09. The first-order valence-electron chi connectivity index (χ1n) is 6.75. The van der Waals surface area contributed by atoms with Gasteiger partial charge < -0.3 is 4.90 Å². The van der Waals surface area contributed by atoms with Crippen LogP contribution in [0.2, 0.25) is 0 Å². The molecule has 0 atom stereocenters. The quantitative estimate of drug-likeness (QED) is 0.808. The number of aliphatic imine (C=N–C) groups is 1. The molecule has 1 heterocycles. The lowest BCUT2D eigenvalue weighted by Gasteiger charge is -2.29. The third-order valence-electron chi connectivity index (χ3n) is 3.47. The molecule has 2 nitrogen and oxygen atoms in total. The van der Waals surface area contributed by atoms with E-state index in [0.717, 1.165) is 25.2 Å². The first-order valence-corrected chi connectivity index (χ1v) is 6.75. The summed E-state index contributed by atoms with van der Waals surface area (Å²) in [4.78, 5) is 7.05. The van der Waals surface area contributed by atoms with Crippen molar-refractivity contribution in [1.82, 2.24) is 0 Å². The Morgan fingerprint density at radius 2 is 1.74 bits per heavy atom. The molecule has 0 N–H and O–H groups in total. The summed E-state index contributed by atoms with van der Waals surface area (Å²) in [7, 11) is 0. The fourth-order valence-corrected chi connectivity index (χ4v) is 2.54. The van der Waals surface area contributed by atoms with Crippen LogP contribution >= 0.6 is 0 Å². The molecular weight excluding hydrogens is 232 g/mol. The third-order valence-corrected chi connectivity index (χ3v) is 3.47. The van der Waals surface area contributed by atoms with Gasteiger partial charge in [0.1, 0.15) is 0 Å². The van der Waals surface area contributed by atoms with Gasteiger partial charge in [0.15, 0.2) is 0 Å². The van der Waals surface area contributed by atoms with E-state index < -0.39 is 0 Å². The van der Waals surface area contributed by atoms with Gasteiger partial charge in [0, 0.05) is 12.3 Å². The van der Waals surface area contributed by atoms with Crippen molar-refractivity contribution >= 4 is 17.1 Å². The maximum atomic E-state index is 4.63. The number of benzene rings is 2. The molecular formula is C17H18N2. The summed E-state index contributed by atoms with van der Waals surface area (Å²) in [6.45, 7) is 4.07. The van der Waals surface area contributed by atoms with Gasteiger partial charge in [0.2, 0.25) is 0 Å². The molecule has 0 spiro atoms. The van der Waals surface area contributed by atoms with E-state index in [0.29, 0.717) is 0 Å². The normalized spacial score (nSPS) is 13.9. The minimum atomic E-state index is 0.934. The van der Waals surface area contributed by atoms with E-state index in [2.05, 4.69) is 71.4 Å². The second kappa shape index (κ2) is 5.27. The van der Waals surface area contributed by atoms with E-state index in [4.69, 9.17) is 0 Å². The van der Waals surface area contributed by atoms with Crippen molar-refractivity contribution in [2.24, 2.45) is 4.99 Å². The lowest BCUT2D eigenvalue weighted by molar-refractivity contribution is 0.840. The number of para-hydroxylation sites is 2. The van der Waals surface area contributed by atoms with E-state index in [1.807, 2.05) is 0 Å². The van der Waals surface area contributed by atoms with Crippen LogP contribution in [0.25, 0.3) is 0 Å². The van der Waals surface area contributed by atoms with Crippen molar-refractivity contribution in [2.45, 2.75) is 13.3 Å². The monoisotopic (exact) mass is 250 g/mol. The highest BCUT2D eigenvalue weighted by atomic mass is 15.2. The van der Waals surface area contributed by atoms with Gasteiger partial charge in [-0.3, -0.25) is 4.99 Å². The minimum Gasteiger partial charge on any atom is -0.364 e. The molecule has 0 amide bonds. The molecule has 0 aromatic heterocycles. The van der Waals surface area contributed by atoms with Crippen LogP contribution < -0.4 is 4.90 Å². The molecule has 19 heavy (non-hydrogen) atoms. The molecule has 0 fully saturated rings. The van der Waals surface area contributed by atoms with Gasteiger partial charge >= 0.3 is 0 Å². The zero-order valence-electron chi connectivity index (χ0n) is 11.2. The summed E-state index contributed by atoms with van der Waals surface area (Å²) in [5.74, 6) is 0. The van der Waals surface area contributed by atoms with Crippen molar-refractivity contribution in [3.05, 3.63) is 60.2 Å². The van der Waals surface area contributed by atoms with Gasteiger partial charge in [0.05, 0.1) is 17.9 Å². The van der Waals surface area contributed by atoms with Crippen LogP contribution in [0.1, 0.15) is 12.5 Å². The first-order chi connectivity index (χ1) is 9.33. The summed E-state index contributed by atoms with van der Waals surface area (Å²) < 4.78 is 0. The van der Waals surface area contributed by atoms with Crippen molar-refractivity contribution in [2.75, 3.05) is 18.0 Å². The Balaban J connectivity index is 1.77. The fraction of sp³-hybridized carbons (Fsp3) is 0.235. The van der Waals surface area contributed by atoms with Gasteiger partial charge in [-0.2, -0.15) is 0 Å². The molecule has 2 heteroatoms. The van der Waals surface area contributed by atoms with Gasteiger partial charge in [-0.05, 0) is 31.0 Å². The van der Waals surface area contributed by atoms with Crippen molar-refractivity contribution in [3.8, 4) is 0 Å². The molecule has 1 aliphatic heterocycles. The van der Waals surface area contributed by atoms with E-state index in [1.165, 1.54) is 17.0 Å². The third kappa shape index (κ3) is 2.68. The smallest absolute Gasteiger partial charge is 0.0863 e. The van der Waals surface area contributed by atoms with E-state index in [-0.39, 0.29) is 0 Å². The second-order valence-electron chi connectivity index (χ2n) is 4.99. The minimum absolute atomic E-state index is 0.934. The Kier molecular flexibility index (Phi) is 3.32. The van der Waals surface area contributed by atoms with Crippen molar-refractivity contribution in [3.63, 3.8) is 0 Å². The Labute approximate surface area is 114 Å². The number of hydrogen-bond donors (Lipinski definition) is 0. The lowest BCUT2D eigenvalue weighted by Crippen LogP contribution is -2.32. The van der Waals surface area contributed by atoms with Crippen LogP contribution in [0, 0.1) is 0 Å². The van der Waals surface area contributed by atoms with Crippen LogP contribution in [-0.2, 0) is 6.42 Å². The molecule has 0 bridgehead atoms. The van der Waals surface area contributed by atoms with Gasteiger partial charge in [-0.15, -0.1) is 0 Å². The van der Waals surface area contributed by atoms with Crippen LogP contribution in [-0.4, -0.2) is 18.8 Å². The Morgan fingerprint density at radius 3 is 2.58 bits per heavy atom. The molecule has 96 valence electrons. The average molecular weight is 250 g/mol. The van der Waals surface area contributed by atoms with E-state index in [1.54, 1.807) is 0 Å². The van der Waals surface area contributed by atoms with Crippen LogP contribution in [0.3, 0.4) is 0 Å². The van der Waals surface area contributed by atoms with Crippen LogP contribution in [0.15, 0.2) is 59.6 Å². The van der Waals surface area contributed by atoms with Crippen molar-refractivity contribution in [1.29, 1.82) is 0 Å². The largest absolute Gasteiger partial charge is 0.364 e. The highest BCUT2D eigenvalue weighted by Gasteiger charge is 2.16. The summed E-state index contributed by atoms with van der Waals surface area (Å²) in [5, 5.41) is 0. The SMILES string of the molecule is CC1=Nc2ccccc2N(CCc2ccccc2)C1. The molecule has 0 unspecified atom stereocenters. The number of hydrogen-bond acceptors (Lipinski definition) is 2. The Morgan fingerprint density at radius 1 is 1.00 bits per heavy atom. The zero-order chi connectivity index (χ0) is 13.1. The molecule has 0 saturated carbocycles. The van der Waals surface area contributed by atoms with Gasteiger partial charge in [-0.1, -0.05) is 42.5 Å². The van der Waals surface area contributed by atoms with E-state index >= 15 is 0 Å². The second-order valence-corrected chi connectivity index (χ2v) is 4.99. The van der Waals surface area contributed by atoms with Crippen LogP contribution in [0.5, 0.6) is 0 Å². The first kappa shape index (κ1) is 12.0. The molecule has 2 aromatic rings. The van der Waals surface area contributed by atoms with E-state index in [9.17, 15) is 0 Å². The Bertz CT molecular complexity index is 587. The zero-order valence-corrected chi connectivity index (χ0v) is 11.2. The highest BCUT2D eigenvalue weighted by molar-refractivity contribution is 5.94. The molecule has 0 radical (unpaired) electrons. The number of nitrogens with zero attached hydrogens (tertiary/aromatic N) is 2. The molecule has 1 aliphatic rings. The molecule has 0 saturated heterocycles. The number of rotatable bonds is 3. The standard InChI is InChI=1S/C17H18N2/c1-14-13-19(12-11-15-7-3-2-4-8-15)17-10-6-5-9-16(17)18-14/h2-10H,11-13H2,1H3. The average Bonchev–Trinajstić information content (AvgIpc) is 2.45. The number of fused-ring (bicyclic) bond motifs is 1. The molecule has 2 aromatic carbocycles. The van der Waals surface area contributed by atoms with Crippen molar-refractivity contribution < 1.29 is 0 Å². The molecule has 3 rings (SSSR count). The van der Waals surface area contributed by atoms with Gasteiger partial charge in [-0.25, -0.2) is 0 Å². The summed E-state index contributed by atoms with van der Waals surface area (Å²) in [6.07, 6.45) is 1.07. The lowest BCUT2D eigenvalue weighted by atomic mass is 10.1. The topological polar surface area (TPSA) is 15.6 Å². The fourth-order valence-electron chi connectivity index (χ4n) is 2.54. The predicted octanol–water partition coefficient (Wildman–Crippen LogP) is 3.84. The summed E-state index contributed by atoms with van der Waals surface area (Å²) >= 11 is 0. The maximum absolute atomic E-state index is 4.63. The highest BCUT2D eigenvalue weighted by Crippen LogP contribution is 2.31. The van der Waals surface area contributed by atoms with Gasteiger partial charge in [0.25, 0.3) is 0 Å².